The number of nitrogens with zero attached hydrogens (tertiary/aromatic N) is 2. The summed E-state index contributed by atoms with van der Waals surface area (Å²) in [6.07, 6.45) is 0.222. The first-order valence-corrected chi connectivity index (χ1v) is 7.05. The number of methoxy groups -OCH3 is 1. The molecule has 1 aromatic rings. The summed E-state index contributed by atoms with van der Waals surface area (Å²) in [5, 5.41) is 11.9. The lowest BCUT2D eigenvalue weighted by Crippen LogP contribution is -2.46. The number of oxime groups is 1. The van der Waals surface area contributed by atoms with E-state index in [2.05, 4.69) is 23.9 Å². The molecule has 0 radical (unpaired) electrons. The van der Waals surface area contributed by atoms with Crippen LogP contribution in [0.3, 0.4) is 0 Å². The lowest BCUT2D eigenvalue weighted by Gasteiger charge is -2.37. The fourth-order valence-electron chi connectivity index (χ4n) is 2.53. The first-order chi connectivity index (χ1) is 10.0. The van der Waals surface area contributed by atoms with E-state index in [-0.39, 0.29) is 11.9 Å². The van der Waals surface area contributed by atoms with Crippen LogP contribution in [0.25, 0.3) is 0 Å². The molecular formula is C15H23N3O3. The number of morpholine rings is 1. The molecule has 2 atom stereocenters. The van der Waals surface area contributed by atoms with Crippen molar-refractivity contribution in [2.24, 2.45) is 10.9 Å². The van der Waals surface area contributed by atoms with Gasteiger partial charge < -0.3 is 20.4 Å². The van der Waals surface area contributed by atoms with Gasteiger partial charge in [0.05, 0.1) is 19.8 Å². The van der Waals surface area contributed by atoms with Crippen LogP contribution in [0, 0.1) is 0 Å². The summed E-state index contributed by atoms with van der Waals surface area (Å²) in [4.78, 5) is 2.35. The summed E-state index contributed by atoms with van der Waals surface area (Å²) < 4.78 is 11.1. The maximum atomic E-state index is 8.81. The largest absolute Gasteiger partial charge is 0.496 e. The molecule has 0 bridgehead atoms. The van der Waals surface area contributed by atoms with Crippen LogP contribution < -0.4 is 10.5 Å². The van der Waals surface area contributed by atoms with E-state index in [0.717, 1.165) is 31.0 Å². The van der Waals surface area contributed by atoms with Gasteiger partial charge in [-0.15, -0.1) is 0 Å². The molecule has 1 aliphatic rings. The van der Waals surface area contributed by atoms with Crippen LogP contribution in [-0.4, -0.2) is 48.4 Å². The average Bonchev–Trinajstić information content (AvgIpc) is 2.50. The lowest BCUT2D eigenvalue weighted by atomic mass is 10.1. The Labute approximate surface area is 125 Å². The van der Waals surface area contributed by atoms with Crippen molar-refractivity contribution >= 4 is 5.84 Å². The van der Waals surface area contributed by atoms with E-state index in [4.69, 9.17) is 20.4 Å². The molecule has 2 unspecified atom stereocenters. The Morgan fingerprint density at radius 3 is 2.95 bits per heavy atom. The number of rotatable bonds is 4. The van der Waals surface area contributed by atoms with E-state index in [1.165, 1.54) is 0 Å². The van der Waals surface area contributed by atoms with Crippen molar-refractivity contribution in [3.05, 3.63) is 29.3 Å². The van der Waals surface area contributed by atoms with E-state index in [1.807, 2.05) is 12.1 Å². The summed E-state index contributed by atoms with van der Waals surface area (Å²) in [6.45, 7) is 6.56. The summed E-state index contributed by atoms with van der Waals surface area (Å²) in [7, 11) is 1.65. The summed E-state index contributed by atoms with van der Waals surface area (Å²) in [5.74, 6) is 0.901. The van der Waals surface area contributed by atoms with Crippen LogP contribution in [0.15, 0.2) is 23.4 Å². The fourth-order valence-corrected chi connectivity index (χ4v) is 2.53. The molecule has 6 heteroatoms. The molecule has 0 aromatic heterocycles. The van der Waals surface area contributed by atoms with Crippen molar-refractivity contribution in [1.29, 1.82) is 0 Å². The molecule has 2 rings (SSSR count). The Morgan fingerprint density at radius 1 is 1.52 bits per heavy atom. The number of hydrogen-bond donors (Lipinski definition) is 2. The SMILES string of the molecule is COc1ccc(/C(N)=N/O)cc1CN1CC(C)OCC1C. The van der Waals surface area contributed by atoms with Gasteiger partial charge in [-0.05, 0) is 32.0 Å². The second-order valence-electron chi connectivity index (χ2n) is 5.43. The highest BCUT2D eigenvalue weighted by molar-refractivity contribution is 5.97. The molecule has 0 saturated carbocycles. The first kappa shape index (κ1) is 15.6. The van der Waals surface area contributed by atoms with Gasteiger partial charge in [-0.3, -0.25) is 4.90 Å². The van der Waals surface area contributed by atoms with Crippen molar-refractivity contribution in [2.45, 2.75) is 32.5 Å². The molecule has 1 heterocycles. The summed E-state index contributed by atoms with van der Waals surface area (Å²) in [5.41, 5.74) is 7.36. The molecule has 0 amide bonds. The van der Waals surface area contributed by atoms with Gasteiger partial charge in [0.25, 0.3) is 0 Å². The summed E-state index contributed by atoms with van der Waals surface area (Å²) in [6, 6.07) is 5.87. The molecule has 1 fully saturated rings. The Balaban J connectivity index is 2.24. The van der Waals surface area contributed by atoms with Crippen LogP contribution in [0.2, 0.25) is 0 Å². The molecular weight excluding hydrogens is 270 g/mol. The second kappa shape index (κ2) is 6.78. The molecule has 1 saturated heterocycles. The number of hydrogen-bond acceptors (Lipinski definition) is 5. The molecule has 21 heavy (non-hydrogen) atoms. The highest BCUT2D eigenvalue weighted by Gasteiger charge is 2.24. The predicted octanol–water partition coefficient (Wildman–Crippen LogP) is 1.40. The highest BCUT2D eigenvalue weighted by Crippen LogP contribution is 2.24. The molecule has 116 valence electrons. The van der Waals surface area contributed by atoms with Crippen LogP contribution in [0.1, 0.15) is 25.0 Å². The Kier molecular flexibility index (Phi) is 5.03. The molecule has 0 spiro atoms. The third kappa shape index (κ3) is 3.65. The zero-order valence-electron chi connectivity index (χ0n) is 12.7. The Morgan fingerprint density at radius 2 is 2.29 bits per heavy atom. The minimum atomic E-state index is 0.0993. The number of ether oxygens (including phenoxy) is 2. The normalized spacial score (nSPS) is 24.0. The van der Waals surface area contributed by atoms with Crippen LogP contribution in [-0.2, 0) is 11.3 Å². The van der Waals surface area contributed by atoms with Crippen molar-refractivity contribution < 1.29 is 14.7 Å². The van der Waals surface area contributed by atoms with Gasteiger partial charge in [-0.25, -0.2) is 0 Å². The number of amidine groups is 1. The maximum Gasteiger partial charge on any atom is 0.170 e. The maximum absolute atomic E-state index is 8.81. The standard InChI is InChI=1S/C15H23N3O3/c1-10-9-21-11(2)7-18(10)8-13-6-12(15(16)17-19)4-5-14(13)20-3/h4-6,10-11,19H,7-9H2,1-3H3,(H2,16,17). The third-order valence-corrected chi connectivity index (χ3v) is 3.79. The molecule has 1 aliphatic heterocycles. The van der Waals surface area contributed by atoms with Crippen molar-refractivity contribution in [1.82, 2.24) is 4.90 Å². The molecule has 0 aliphatic carbocycles. The zero-order chi connectivity index (χ0) is 15.4. The van der Waals surface area contributed by atoms with Gasteiger partial charge >= 0.3 is 0 Å². The second-order valence-corrected chi connectivity index (χ2v) is 5.43. The van der Waals surface area contributed by atoms with Gasteiger partial charge in [-0.1, -0.05) is 5.16 Å². The van der Waals surface area contributed by atoms with Crippen molar-refractivity contribution in [3.8, 4) is 5.75 Å². The van der Waals surface area contributed by atoms with Crippen LogP contribution in [0.4, 0.5) is 0 Å². The Hall–Kier alpha value is -1.79. The molecule has 3 N–H and O–H groups in total. The monoisotopic (exact) mass is 293 g/mol. The van der Waals surface area contributed by atoms with Crippen molar-refractivity contribution in [2.75, 3.05) is 20.3 Å². The molecule has 1 aromatic carbocycles. The van der Waals surface area contributed by atoms with E-state index < -0.39 is 0 Å². The summed E-state index contributed by atoms with van der Waals surface area (Å²) >= 11 is 0. The predicted molar refractivity (Wildman–Crippen MR) is 80.8 cm³/mol. The van der Waals surface area contributed by atoms with E-state index in [0.29, 0.717) is 11.6 Å². The molecule has 6 nitrogen and oxygen atoms in total. The van der Waals surface area contributed by atoms with Crippen LogP contribution >= 0.6 is 0 Å². The Bertz CT molecular complexity index is 519. The average molecular weight is 293 g/mol. The third-order valence-electron chi connectivity index (χ3n) is 3.79. The first-order valence-electron chi connectivity index (χ1n) is 7.05. The topological polar surface area (TPSA) is 80.3 Å². The fraction of sp³-hybridized carbons (Fsp3) is 0.533. The smallest absolute Gasteiger partial charge is 0.170 e. The van der Waals surface area contributed by atoms with Crippen molar-refractivity contribution in [3.63, 3.8) is 0 Å². The zero-order valence-corrected chi connectivity index (χ0v) is 12.7. The van der Waals surface area contributed by atoms with Gasteiger partial charge in [-0.2, -0.15) is 0 Å². The minimum Gasteiger partial charge on any atom is -0.496 e. The van der Waals surface area contributed by atoms with E-state index in [1.54, 1.807) is 13.2 Å². The minimum absolute atomic E-state index is 0.0993. The van der Waals surface area contributed by atoms with Crippen LogP contribution in [0.5, 0.6) is 5.75 Å². The lowest BCUT2D eigenvalue weighted by molar-refractivity contribution is -0.0528. The van der Waals surface area contributed by atoms with E-state index >= 15 is 0 Å². The van der Waals surface area contributed by atoms with E-state index in [9.17, 15) is 0 Å². The van der Waals surface area contributed by atoms with Gasteiger partial charge in [0, 0.05) is 30.3 Å². The van der Waals surface area contributed by atoms with Gasteiger partial charge in [0.15, 0.2) is 5.84 Å². The quantitative estimate of drug-likeness (QED) is 0.379. The van der Waals surface area contributed by atoms with Gasteiger partial charge in [0.2, 0.25) is 0 Å². The number of benzene rings is 1. The number of nitrogens with two attached hydrogens (primary N) is 1. The van der Waals surface area contributed by atoms with Gasteiger partial charge in [0.1, 0.15) is 5.75 Å². The highest BCUT2D eigenvalue weighted by atomic mass is 16.5.